The van der Waals surface area contributed by atoms with Crippen LogP contribution in [-0.4, -0.2) is 25.9 Å². The number of oxime groups is 1. The van der Waals surface area contributed by atoms with Crippen LogP contribution in [-0.2, 0) is 31.4 Å². The van der Waals surface area contributed by atoms with Gasteiger partial charge in [-0.3, -0.25) is 0 Å². The lowest BCUT2D eigenvalue weighted by atomic mass is 9.97. The van der Waals surface area contributed by atoms with Crippen molar-refractivity contribution in [3.63, 3.8) is 0 Å². The van der Waals surface area contributed by atoms with Gasteiger partial charge in [-0.1, -0.05) is 50.3 Å². The number of carbonyl (C=O) groups is 1. The summed E-state index contributed by atoms with van der Waals surface area (Å²) in [6.07, 6.45) is 1.29. The minimum atomic E-state index is -3.19. The summed E-state index contributed by atoms with van der Waals surface area (Å²) in [5.41, 5.74) is -0.349. The van der Waals surface area contributed by atoms with E-state index in [0.717, 1.165) is 5.56 Å². The number of benzene rings is 2. The Bertz CT molecular complexity index is 1060. The number of aryl methyl sites for hydroxylation is 1. The fourth-order valence-electron chi connectivity index (χ4n) is 3.26. The average molecular weight is 484 g/mol. The maximum absolute atomic E-state index is 14.2. The Morgan fingerprint density at radius 3 is 2.47 bits per heavy atom. The van der Waals surface area contributed by atoms with Gasteiger partial charge in [-0.25, -0.2) is 4.79 Å². The van der Waals surface area contributed by atoms with Crippen LogP contribution in [0.3, 0.4) is 0 Å². The van der Waals surface area contributed by atoms with Gasteiger partial charge in [0, 0.05) is 21.7 Å². The molecule has 0 aliphatic rings. The Morgan fingerprint density at radius 2 is 1.88 bits per heavy atom. The van der Waals surface area contributed by atoms with Gasteiger partial charge in [0.2, 0.25) is 0 Å². The summed E-state index contributed by atoms with van der Waals surface area (Å²) < 4.78 is 38.3. The molecule has 2 aromatic carbocycles. The Labute approximate surface area is 193 Å². The molecule has 0 fully saturated rings. The molecule has 9 heteroatoms. The molecule has 0 radical (unpaired) electrons. The fraction of sp³-hybridized carbons (Fsp3) is 0.304. The Balaban J connectivity index is 2.40. The van der Waals surface area contributed by atoms with E-state index in [1.165, 1.54) is 42.7 Å². The van der Waals surface area contributed by atoms with Crippen LogP contribution in [0.1, 0.15) is 40.3 Å². The molecule has 0 amide bonds. The molecular formula is C23H25ClF2NO4P. The molecule has 1 unspecified atom stereocenters. The molecular weight excluding hydrogens is 459 g/mol. The molecule has 2 rings (SSSR count). The maximum Gasteiger partial charge on any atom is 0.341 e. The number of ether oxygens (including phenoxy) is 2. The van der Waals surface area contributed by atoms with Crippen LogP contribution in [0.5, 0.6) is 0 Å². The molecule has 0 N–H and O–H groups in total. The van der Waals surface area contributed by atoms with E-state index >= 15 is 0 Å². The highest BCUT2D eigenvalue weighted by Gasteiger charge is 2.31. The van der Waals surface area contributed by atoms with Crippen molar-refractivity contribution in [3.05, 3.63) is 75.0 Å². The first-order valence-electron chi connectivity index (χ1n) is 9.56. The average Bonchev–Trinajstić information content (AvgIpc) is 2.73. The zero-order valence-electron chi connectivity index (χ0n) is 18.5. The molecule has 0 aromatic heterocycles. The van der Waals surface area contributed by atoms with Gasteiger partial charge in [0.25, 0.3) is 5.66 Å². The third-order valence-corrected chi connectivity index (χ3v) is 5.57. The van der Waals surface area contributed by atoms with Crippen molar-refractivity contribution in [3.8, 4) is 0 Å². The van der Waals surface area contributed by atoms with Crippen molar-refractivity contribution >= 4 is 38.1 Å². The van der Waals surface area contributed by atoms with Crippen molar-refractivity contribution in [2.24, 2.45) is 5.16 Å². The van der Waals surface area contributed by atoms with Crippen LogP contribution < -0.4 is 0 Å². The topological polar surface area (TPSA) is 57.1 Å². The second-order valence-corrected chi connectivity index (χ2v) is 8.16. The zero-order chi connectivity index (χ0) is 24.1. The van der Waals surface area contributed by atoms with Crippen LogP contribution >= 0.6 is 20.8 Å². The van der Waals surface area contributed by atoms with E-state index in [0.29, 0.717) is 11.1 Å². The lowest BCUT2D eigenvalue weighted by Crippen LogP contribution is -2.13. The molecule has 0 saturated heterocycles. The minimum absolute atomic E-state index is 0.00340. The van der Waals surface area contributed by atoms with Crippen LogP contribution in [0.2, 0.25) is 5.02 Å². The van der Waals surface area contributed by atoms with E-state index in [1.54, 1.807) is 25.1 Å². The largest absolute Gasteiger partial charge is 0.503 e. The predicted molar refractivity (Wildman–Crippen MR) is 125 cm³/mol. The monoisotopic (exact) mass is 483 g/mol. The van der Waals surface area contributed by atoms with E-state index in [4.69, 9.17) is 25.9 Å². The van der Waals surface area contributed by atoms with Crippen LogP contribution in [0.4, 0.5) is 8.78 Å². The smallest absolute Gasteiger partial charge is 0.341 e. The number of rotatable bonds is 8. The van der Waals surface area contributed by atoms with Crippen molar-refractivity contribution in [2.75, 3.05) is 14.2 Å². The number of methoxy groups -OCH3 is 2. The number of nitrogens with zero attached hydrogens (tertiary/aromatic N) is 1. The van der Waals surface area contributed by atoms with Crippen LogP contribution in [0, 0.1) is 13.8 Å². The van der Waals surface area contributed by atoms with Crippen molar-refractivity contribution in [1.29, 1.82) is 0 Å². The van der Waals surface area contributed by atoms with E-state index < -0.39 is 11.6 Å². The third-order valence-electron chi connectivity index (χ3n) is 4.87. The predicted octanol–water partition coefficient (Wildman–Crippen LogP) is 5.98. The van der Waals surface area contributed by atoms with E-state index in [2.05, 4.69) is 5.16 Å². The first-order chi connectivity index (χ1) is 15.0. The maximum atomic E-state index is 14.2. The summed E-state index contributed by atoms with van der Waals surface area (Å²) >= 11 is 6.04. The molecule has 32 heavy (non-hydrogen) atoms. The number of alkyl halides is 2. The Hall–Kier alpha value is -2.50. The van der Waals surface area contributed by atoms with Gasteiger partial charge in [-0.05, 0) is 43.5 Å². The normalized spacial score (nSPS) is 12.5. The van der Waals surface area contributed by atoms with Gasteiger partial charge in [0.05, 0.1) is 26.2 Å². The molecule has 0 spiro atoms. The van der Waals surface area contributed by atoms with Crippen molar-refractivity contribution < 1.29 is 27.9 Å². The van der Waals surface area contributed by atoms with Crippen molar-refractivity contribution in [1.82, 2.24) is 0 Å². The van der Waals surface area contributed by atoms with Gasteiger partial charge in [-0.2, -0.15) is 8.78 Å². The van der Waals surface area contributed by atoms with Crippen molar-refractivity contribution in [2.45, 2.75) is 33.0 Å². The number of hydrogen-bond acceptors (Lipinski definition) is 5. The van der Waals surface area contributed by atoms with Gasteiger partial charge in [-0.15, -0.1) is 0 Å². The summed E-state index contributed by atoms with van der Waals surface area (Å²) in [5, 5.41) is 4.29. The Kier molecular flexibility index (Phi) is 8.76. The first kappa shape index (κ1) is 25.8. The SMILES string of the molecule is CO/C=C(/C(=O)OC)c1cccc(C)c1CO/N=C(\C)c1ccc(Cl)c(C)c1C(F)(F)P. The fourth-order valence-corrected chi connectivity index (χ4v) is 3.79. The number of halogens is 3. The standard InChI is InChI=1S/C23H25ClF2NO4P/c1-13-7-6-8-17(19(11-29-4)22(28)30-5)18(13)12-31-27-15(3)16-9-10-20(24)14(2)21(16)23(25,26)32/h6-11H,12,32H2,1-5H3/b19-11+,27-15+. The minimum Gasteiger partial charge on any atom is -0.503 e. The molecule has 5 nitrogen and oxygen atoms in total. The van der Waals surface area contributed by atoms with Gasteiger partial charge in [0.15, 0.2) is 0 Å². The number of hydrogen-bond donors (Lipinski definition) is 0. The second-order valence-electron chi connectivity index (χ2n) is 7.03. The molecule has 172 valence electrons. The van der Waals surface area contributed by atoms with Gasteiger partial charge < -0.3 is 14.3 Å². The van der Waals surface area contributed by atoms with E-state index in [1.807, 2.05) is 13.0 Å². The lowest BCUT2D eigenvalue weighted by Gasteiger charge is -2.19. The molecule has 2 aromatic rings. The van der Waals surface area contributed by atoms with E-state index in [9.17, 15) is 13.6 Å². The quantitative estimate of drug-likeness (QED) is 0.116. The number of carbonyl (C=O) groups excluding carboxylic acids is 1. The Morgan fingerprint density at radius 1 is 1.19 bits per heavy atom. The first-order valence-corrected chi connectivity index (χ1v) is 10.5. The summed E-state index contributed by atoms with van der Waals surface area (Å²) in [4.78, 5) is 17.7. The molecule has 0 saturated carbocycles. The summed E-state index contributed by atoms with van der Waals surface area (Å²) in [6.45, 7) is 4.96. The molecule has 1 atom stereocenters. The summed E-state index contributed by atoms with van der Waals surface area (Å²) in [5.74, 6) is -0.567. The van der Waals surface area contributed by atoms with Crippen LogP contribution in [0.15, 0.2) is 41.7 Å². The molecule has 0 bridgehead atoms. The highest BCUT2D eigenvalue weighted by Crippen LogP contribution is 2.41. The molecule has 0 aliphatic heterocycles. The summed E-state index contributed by atoms with van der Waals surface area (Å²) in [7, 11) is 4.23. The molecule has 0 heterocycles. The zero-order valence-corrected chi connectivity index (χ0v) is 20.4. The second kappa shape index (κ2) is 10.9. The van der Waals surface area contributed by atoms with Crippen LogP contribution in [0.25, 0.3) is 5.57 Å². The highest BCUT2D eigenvalue weighted by atomic mass is 35.5. The number of esters is 1. The van der Waals surface area contributed by atoms with Gasteiger partial charge >= 0.3 is 5.97 Å². The highest BCUT2D eigenvalue weighted by molar-refractivity contribution is 7.17. The third kappa shape index (κ3) is 5.84. The lowest BCUT2D eigenvalue weighted by molar-refractivity contribution is -0.133. The summed E-state index contributed by atoms with van der Waals surface area (Å²) in [6, 6.07) is 8.41. The van der Waals surface area contributed by atoms with E-state index in [-0.39, 0.29) is 39.6 Å². The molecule has 0 aliphatic carbocycles. The van der Waals surface area contributed by atoms with Gasteiger partial charge in [0.1, 0.15) is 12.2 Å².